The molecule has 6 heteroatoms. The van der Waals surface area contributed by atoms with Gasteiger partial charge in [-0.3, -0.25) is 4.79 Å². The highest BCUT2D eigenvalue weighted by molar-refractivity contribution is 6.04. The number of nitrogens with one attached hydrogen (secondary N) is 1. The van der Waals surface area contributed by atoms with Crippen molar-refractivity contribution in [1.29, 1.82) is 5.26 Å². The minimum absolute atomic E-state index is 0.0266. The molecular formula is C13H7F2N3O. The summed E-state index contributed by atoms with van der Waals surface area (Å²) in [6.07, 6.45) is 1.39. The smallest absolute Gasteiger partial charge is 0.259 e. The van der Waals surface area contributed by atoms with Gasteiger partial charge in [0, 0.05) is 12.3 Å². The van der Waals surface area contributed by atoms with Gasteiger partial charge in [0.25, 0.3) is 5.91 Å². The molecule has 2 rings (SSSR count). The topological polar surface area (TPSA) is 65.8 Å². The quantitative estimate of drug-likeness (QED) is 0.901. The van der Waals surface area contributed by atoms with Gasteiger partial charge in [-0.1, -0.05) is 0 Å². The summed E-state index contributed by atoms with van der Waals surface area (Å²) in [4.78, 5) is 15.6. The van der Waals surface area contributed by atoms with Crippen LogP contribution in [0.3, 0.4) is 0 Å². The molecular weight excluding hydrogens is 252 g/mol. The monoisotopic (exact) mass is 259 g/mol. The van der Waals surface area contributed by atoms with E-state index in [9.17, 15) is 13.6 Å². The van der Waals surface area contributed by atoms with Crippen LogP contribution in [-0.4, -0.2) is 10.9 Å². The molecule has 0 aliphatic rings. The first kappa shape index (κ1) is 12.6. The average molecular weight is 259 g/mol. The van der Waals surface area contributed by atoms with Crippen molar-refractivity contribution < 1.29 is 13.6 Å². The highest BCUT2D eigenvalue weighted by Gasteiger charge is 2.14. The average Bonchev–Trinajstić information content (AvgIpc) is 2.39. The maximum absolute atomic E-state index is 13.4. The zero-order valence-corrected chi connectivity index (χ0v) is 9.52. The zero-order chi connectivity index (χ0) is 13.8. The van der Waals surface area contributed by atoms with Gasteiger partial charge in [0.05, 0.1) is 11.1 Å². The van der Waals surface area contributed by atoms with E-state index in [2.05, 4.69) is 10.3 Å². The normalized spacial score (nSPS) is 9.74. The lowest BCUT2D eigenvalue weighted by molar-refractivity contribution is 0.102. The molecule has 0 radical (unpaired) electrons. The van der Waals surface area contributed by atoms with Gasteiger partial charge in [0.2, 0.25) is 0 Å². The largest absolute Gasteiger partial charge is 0.305 e. The van der Waals surface area contributed by atoms with Crippen molar-refractivity contribution in [2.24, 2.45) is 0 Å². The molecule has 0 saturated carbocycles. The van der Waals surface area contributed by atoms with Crippen LogP contribution < -0.4 is 5.32 Å². The Bertz CT molecular complexity index is 680. The summed E-state index contributed by atoms with van der Waals surface area (Å²) in [5.74, 6) is -2.53. The van der Waals surface area contributed by atoms with Gasteiger partial charge in [-0.2, -0.15) is 5.26 Å². The number of hydrogen-bond donors (Lipinski definition) is 1. The summed E-state index contributed by atoms with van der Waals surface area (Å²) in [6.45, 7) is 0. The molecule has 2 aromatic rings. The number of hydrogen-bond acceptors (Lipinski definition) is 3. The fourth-order valence-electron chi connectivity index (χ4n) is 1.44. The Hall–Kier alpha value is -2.81. The summed E-state index contributed by atoms with van der Waals surface area (Å²) < 4.78 is 26.1. The third-order valence-corrected chi connectivity index (χ3v) is 2.34. The zero-order valence-electron chi connectivity index (χ0n) is 9.52. The second kappa shape index (κ2) is 5.23. The minimum Gasteiger partial charge on any atom is -0.305 e. The summed E-state index contributed by atoms with van der Waals surface area (Å²) in [5, 5.41) is 11.1. The van der Waals surface area contributed by atoms with E-state index in [1.165, 1.54) is 18.3 Å². The predicted molar refractivity (Wildman–Crippen MR) is 63.3 cm³/mol. The van der Waals surface area contributed by atoms with Crippen LogP contribution >= 0.6 is 0 Å². The number of nitriles is 1. The molecule has 0 saturated heterocycles. The lowest BCUT2D eigenvalue weighted by Crippen LogP contribution is -2.15. The van der Waals surface area contributed by atoms with Crippen LogP contribution in [-0.2, 0) is 0 Å². The van der Waals surface area contributed by atoms with E-state index in [-0.39, 0.29) is 16.9 Å². The van der Waals surface area contributed by atoms with Crippen molar-refractivity contribution in [3.8, 4) is 6.07 Å². The van der Waals surface area contributed by atoms with E-state index in [0.29, 0.717) is 6.07 Å². The number of anilines is 1. The standard InChI is InChI=1S/C13H7F2N3O/c14-9-3-4-10(11(15)6-9)13(19)18-12-8(7-16)2-1-5-17-12/h1-6H,(H,17,18,19). The molecule has 0 aliphatic carbocycles. The Labute approximate surface area is 107 Å². The number of carbonyl (C=O) groups is 1. The maximum atomic E-state index is 13.4. The molecule has 94 valence electrons. The summed E-state index contributed by atoms with van der Waals surface area (Å²) >= 11 is 0. The number of aromatic nitrogens is 1. The van der Waals surface area contributed by atoms with Crippen LogP contribution in [0.4, 0.5) is 14.6 Å². The van der Waals surface area contributed by atoms with Gasteiger partial charge in [0.1, 0.15) is 17.7 Å². The van der Waals surface area contributed by atoms with Crippen LogP contribution in [0.25, 0.3) is 0 Å². The van der Waals surface area contributed by atoms with Gasteiger partial charge in [-0.15, -0.1) is 0 Å². The van der Waals surface area contributed by atoms with Crippen LogP contribution in [0.1, 0.15) is 15.9 Å². The molecule has 19 heavy (non-hydrogen) atoms. The Kier molecular flexibility index (Phi) is 3.48. The lowest BCUT2D eigenvalue weighted by Gasteiger charge is -2.06. The first-order valence-electron chi connectivity index (χ1n) is 5.23. The van der Waals surface area contributed by atoms with E-state index in [1.54, 1.807) is 0 Å². The number of pyridine rings is 1. The van der Waals surface area contributed by atoms with Crippen LogP contribution in [0.5, 0.6) is 0 Å². The number of benzene rings is 1. The van der Waals surface area contributed by atoms with Crippen molar-refractivity contribution >= 4 is 11.7 Å². The van der Waals surface area contributed by atoms with Crippen molar-refractivity contribution in [3.63, 3.8) is 0 Å². The Morgan fingerprint density at radius 2 is 2.11 bits per heavy atom. The molecule has 1 aromatic carbocycles. The molecule has 1 heterocycles. The maximum Gasteiger partial charge on any atom is 0.259 e. The number of amides is 1. The third kappa shape index (κ3) is 2.72. The Balaban J connectivity index is 2.29. The highest BCUT2D eigenvalue weighted by Crippen LogP contribution is 2.14. The lowest BCUT2D eigenvalue weighted by atomic mass is 10.2. The van der Waals surface area contributed by atoms with Crippen molar-refractivity contribution in [2.45, 2.75) is 0 Å². The number of rotatable bonds is 2. The fourth-order valence-corrected chi connectivity index (χ4v) is 1.44. The Morgan fingerprint density at radius 3 is 2.79 bits per heavy atom. The van der Waals surface area contributed by atoms with Gasteiger partial charge >= 0.3 is 0 Å². The number of nitrogens with zero attached hydrogens (tertiary/aromatic N) is 2. The van der Waals surface area contributed by atoms with Gasteiger partial charge < -0.3 is 5.32 Å². The summed E-state index contributed by atoms with van der Waals surface area (Å²) in [7, 11) is 0. The molecule has 0 fully saturated rings. The molecule has 4 nitrogen and oxygen atoms in total. The summed E-state index contributed by atoms with van der Waals surface area (Å²) in [6, 6.07) is 7.45. The molecule has 0 unspecified atom stereocenters. The van der Waals surface area contributed by atoms with Crippen molar-refractivity contribution in [2.75, 3.05) is 5.32 Å². The fraction of sp³-hybridized carbons (Fsp3) is 0. The van der Waals surface area contributed by atoms with Gasteiger partial charge in [0.15, 0.2) is 5.82 Å². The van der Waals surface area contributed by atoms with E-state index in [4.69, 9.17) is 5.26 Å². The molecule has 1 amide bonds. The second-order valence-electron chi connectivity index (χ2n) is 3.59. The SMILES string of the molecule is N#Cc1cccnc1NC(=O)c1ccc(F)cc1F. The molecule has 0 spiro atoms. The number of halogens is 2. The van der Waals surface area contributed by atoms with E-state index in [0.717, 1.165) is 12.1 Å². The van der Waals surface area contributed by atoms with E-state index < -0.39 is 17.5 Å². The second-order valence-corrected chi connectivity index (χ2v) is 3.59. The molecule has 0 atom stereocenters. The van der Waals surface area contributed by atoms with Crippen molar-refractivity contribution in [1.82, 2.24) is 4.98 Å². The molecule has 1 N–H and O–H groups in total. The van der Waals surface area contributed by atoms with Gasteiger partial charge in [-0.25, -0.2) is 13.8 Å². The molecule has 1 aromatic heterocycles. The number of carbonyl (C=O) groups excluding carboxylic acids is 1. The molecule has 0 aliphatic heterocycles. The first-order chi connectivity index (χ1) is 9.11. The minimum atomic E-state index is -0.980. The summed E-state index contributed by atoms with van der Waals surface area (Å²) in [5.41, 5.74) is -0.172. The highest BCUT2D eigenvalue weighted by atomic mass is 19.1. The van der Waals surface area contributed by atoms with Crippen LogP contribution in [0, 0.1) is 23.0 Å². The van der Waals surface area contributed by atoms with E-state index >= 15 is 0 Å². The van der Waals surface area contributed by atoms with Crippen LogP contribution in [0.15, 0.2) is 36.5 Å². The van der Waals surface area contributed by atoms with Crippen molar-refractivity contribution in [3.05, 3.63) is 59.3 Å². The molecule has 0 bridgehead atoms. The van der Waals surface area contributed by atoms with Gasteiger partial charge in [-0.05, 0) is 24.3 Å². The third-order valence-electron chi connectivity index (χ3n) is 2.34. The Morgan fingerprint density at radius 1 is 1.32 bits per heavy atom. The predicted octanol–water partition coefficient (Wildman–Crippen LogP) is 2.48. The van der Waals surface area contributed by atoms with Crippen LogP contribution in [0.2, 0.25) is 0 Å². The first-order valence-corrected chi connectivity index (χ1v) is 5.23. The van der Waals surface area contributed by atoms with E-state index in [1.807, 2.05) is 6.07 Å².